The molecule has 0 spiro atoms. The first-order chi connectivity index (χ1) is 6.66. The van der Waals surface area contributed by atoms with E-state index >= 15 is 0 Å². The zero-order chi connectivity index (χ0) is 10.1. The molecule has 1 heterocycles. The van der Waals surface area contributed by atoms with Crippen molar-refractivity contribution in [3.05, 3.63) is 29.1 Å². The van der Waals surface area contributed by atoms with Gasteiger partial charge in [0.2, 0.25) is 0 Å². The molecule has 0 atom stereocenters. The Morgan fingerprint density at radius 3 is 2.93 bits per heavy atom. The van der Waals surface area contributed by atoms with Gasteiger partial charge in [0.25, 0.3) is 0 Å². The van der Waals surface area contributed by atoms with Crippen LogP contribution in [0.4, 0.5) is 4.39 Å². The first-order valence-electron chi connectivity index (χ1n) is 5.11. The van der Waals surface area contributed by atoms with Crippen molar-refractivity contribution in [3.63, 3.8) is 0 Å². The molecular formula is C12H15FO. The summed E-state index contributed by atoms with van der Waals surface area (Å²) in [5.74, 6) is 1.33. The Morgan fingerprint density at radius 1 is 1.43 bits per heavy atom. The minimum absolute atomic E-state index is 0.134. The summed E-state index contributed by atoms with van der Waals surface area (Å²) in [6.45, 7) is 4.96. The number of fused-ring (bicyclic) bond motifs is 1. The molecule has 0 radical (unpaired) electrons. The Morgan fingerprint density at radius 2 is 2.21 bits per heavy atom. The molecule has 1 nitrogen and oxygen atoms in total. The quantitative estimate of drug-likeness (QED) is 0.703. The molecule has 2 rings (SSSR count). The van der Waals surface area contributed by atoms with Crippen LogP contribution in [0.3, 0.4) is 0 Å². The minimum atomic E-state index is -0.134. The fourth-order valence-corrected chi connectivity index (χ4v) is 1.94. The van der Waals surface area contributed by atoms with Gasteiger partial charge in [0.05, 0.1) is 6.61 Å². The van der Waals surface area contributed by atoms with Crippen LogP contribution in [0.25, 0.3) is 0 Å². The fourth-order valence-electron chi connectivity index (χ4n) is 1.94. The maximum absolute atomic E-state index is 13.2. The Bertz CT molecular complexity index is 344. The normalized spacial score (nSPS) is 14.3. The van der Waals surface area contributed by atoms with Gasteiger partial charge in [-0.3, -0.25) is 0 Å². The van der Waals surface area contributed by atoms with Crippen LogP contribution in [-0.4, -0.2) is 6.61 Å². The Balaban J connectivity index is 2.38. The molecule has 2 heteroatoms. The van der Waals surface area contributed by atoms with Crippen LogP contribution < -0.4 is 4.74 Å². The Labute approximate surface area is 83.9 Å². The van der Waals surface area contributed by atoms with E-state index in [1.807, 2.05) is 0 Å². The second-order valence-corrected chi connectivity index (χ2v) is 4.25. The van der Waals surface area contributed by atoms with Gasteiger partial charge >= 0.3 is 0 Å². The van der Waals surface area contributed by atoms with Crippen molar-refractivity contribution >= 4 is 0 Å². The number of hydrogen-bond donors (Lipinski definition) is 0. The predicted octanol–water partition coefficient (Wildman–Crippen LogP) is 2.96. The van der Waals surface area contributed by atoms with Crippen molar-refractivity contribution in [1.29, 1.82) is 0 Å². The third-order valence-electron chi connectivity index (χ3n) is 2.45. The van der Waals surface area contributed by atoms with Gasteiger partial charge in [-0.25, -0.2) is 4.39 Å². The van der Waals surface area contributed by atoms with Crippen molar-refractivity contribution in [2.45, 2.75) is 26.7 Å². The van der Waals surface area contributed by atoms with Gasteiger partial charge in [0.15, 0.2) is 0 Å². The van der Waals surface area contributed by atoms with Gasteiger partial charge in [-0.2, -0.15) is 0 Å². The maximum Gasteiger partial charge on any atom is 0.126 e. The lowest BCUT2D eigenvalue weighted by molar-refractivity contribution is 0.351. The molecule has 1 aliphatic heterocycles. The van der Waals surface area contributed by atoms with Crippen LogP contribution in [0.2, 0.25) is 0 Å². The lowest BCUT2D eigenvalue weighted by Crippen LogP contribution is -1.98. The van der Waals surface area contributed by atoms with Crippen molar-refractivity contribution in [2.75, 3.05) is 6.61 Å². The highest BCUT2D eigenvalue weighted by Crippen LogP contribution is 2.32. The van der Waals surface area contributed by atoms with Gasteiger partial charge in [-0.05, 0) is 30.0 Å². The first kappa shape index (κ1) is 9.50. The van der Waals surface area contributed by atoms with E-state index in [-0.39, 0.29) is 5.82 Å². The predicted molar refractivity (Wildman–Crippen MR) is 54.1 cm³/mol. The lowest BCUT2D eigenvalue weighted by Gasteiger charge is -2.10. The first-order valence-corrected chi connectivity index (χ1v) is 5.11. The Hall–Kier alpha value is -1.05. The summed E-state index contributed by atoms with van der Waals surface area (Å²) in [7, 11) is 0. The highest BCUT2D eigenvalue weighted by atomic mass is 19.1. The average molecular weight is 194 g/mol. The van der Waals surface area contributed by atoms with E-state index in [1.54, 1.807) is 12.1 Å². The van der Waals surface area contributed by atoms with E-state index in [0.29, 0.717) is 12.5 Å². The standard InChI is InChI=1S/C12H15FO/c1-8(2)5-10-7-11(13)6-9-3-4-14-12(9)10/h6-8H,3-5H2,1-2H3. The highest BCUT2D eigenvalue weighted by molar-refractivity contribution is 5.44. The largest absolute Gasteiger partial charge is 0.493 e. The number of ether oxygens (including phenoxy) is 1. The van der Waals surface area contributed by atoms with Crippen molar-refractivity contribution in [1.82, 2.24) is 0 Å². The SMILES string of the molecule is CC(C)Cc1cc(F)cc2c1OCC2. The van der Waals surface area contributed by atoms with Crippen LogP contribution in [0.15, 0.2) is 12.1 Å². The van der Waals surface area contributed by atoms with Gasteiger partial charge in [0, 0.05) is 12.0 Å². The van der Waals surface area contributed by atoms with Gasteiger partial charge < -0.3 is 4.74 Å². The van der Waals surface area contributed by atoms with Crippen molar-refractivity contribution < 1.29 is 9.13 Å². The monoisotopic (exact) mass is 194 g/mol. The molecule has 76 valence electrons. The number of benzene rings is 1. The molecule has 0 fully saturated rings. The average Bonchev–Trinajstić information content (AvgIpc) is 2.50. The third kappa shape index (κ3) is 1.74. The number of halogens is 1. The zero-order valence-electron chi connectivity index (χ0n) is 8.64. The minimum Gasteiger partial charge on any atom is -0.493 e. The summed E-state index contributed by atoms with van der Waals surface area (Å²) in [4.78, 5) is 0. The fraction of sp³-hybridized carbons (Fsp3) is 0.500. The number of rotatable bonds is 2. The molecule has 1 aromatic rings. The van der Waals surface area contributed by atoms with Crippen molar-refractivity contribution in [2.24, 2.45) is 5.92 Å². The molecule has 0 bridgehead atoms. The second kappa shape index (κ2) is 3.60. The van der Waals surface area contributed by atoms with E-state index in [2.05, 4.69) is 13.8 Å². The maximum atomic E-state index is 13.2. The van der Waals surface area contributed by atoms with E-state index in [4.69, 9.17) is 4.74 Å². The lowest BCUT2D eigenvalue weighted by atomic mass is 9.99. The molecule has 1 aromatic carbocycles. The highest BCUT2D eigenvalue weighted by Gasteiger charge is 2.18. The summed E-state index contributed by atoms with van der Waals surface area (Å²) in [6.07, 6.45) is 1.73. The molecule has 0 aliphatic carbocycles. The molecule has 0 N–H and O–H groups in total. The van der Waals surface area contributed by atoms with Crippen LogP contribution >= 0.6 is 0 Å². The second-order valence-electron chi connectivity index (χ2n) is 4.25. The topological polar surface area (TPSA) is 9.23 Å². The van der Waals surface area contributed by atoms with Crippen molar-refractivity contribution in [3.8, 4) is 5.75 Å². The van der Waals surface area contributed by atoms with E-state index < -0.39 is 0 Å². The zero-order valence-corrected chi connectivity index (χ0v) is 8.64. The van der Waals surface area contributed by atoms with Crippen LogP contribution in [0, 0.1) is 11.7 Å². The Kier molecular flexibility index (Phi) is 2.44. The molecule has 1 aliphatic rings. The van der Waals surface area contributed by atoms with E-state index in [1.165, 1.54) is 0 Å². The van der Waals surface area contributed by atoms with Crippen LogP contribution in [0.5, 0.6) is 5.75 Å². The molecule has 0 saturated carbocycles. The molecule has 0 amide bonds. The van der Waals surface area contributed by atoms with Gasteiger partial charge in [-0.1, -0.05) is 13.8 Å². The van der Waals surface area contributed by atoms with Gasteiger partial charge in [-0.15, -0.1) is 0 Å². The molecule has 14 heavy (non-hydrogen) atoms. The smallest absolute Gasteiger partial charge is 0.126 e. The van der Waals surface area contributed by atoms with E-state index in [0.717, 1.165) is 29.7 Å². The third-order valence-corrected chi connectivity index (χ3v) is 2.45. The molecular weight excluding hydrogens is 179 g/mol. The summed E-state index contributed by atoms with van der Waals surface area (Å²) in [5.41, 5.74) is 2.05. The summed E-state index contributed by atoms with van der Waals surface area (Å²) < 4.78 is 18.7. The van der Waals surface area contributed by atoms with Crippen LogP contribution in [0.1, 0.15) is 25.0 Å². The molecule has 0 unspecified atom stereocenters. The van der Waals surface area contributed by atoms with E-state index in [9.17, 15) is 4.39 Å². The van der Waals surface area contributed by atoms with Gasteiger partial charge in [0.1, 0.15) is 11.6 Å². The molecule has 0 saturated heterocycles. The summed E-state index contributed by atoms with van der Waals surface area (Å²) >= 11 is 0. The van der Waals surface area contributed by atoms with Crippen LogP contribution in [-0.2, 0) is 12.8 Å². The number of hydrogen-bond acceptors (Lipinski definition) is 1. The summed E-state index contributed by atoms with van der Waals surface area (Å²) in [5, 5.41) is 0. The molecule has 0 aromatic heterocycles. The summed E-state index contributed by atoms with van der Waals surface area (Å²) in [6, 6.07) is 3.19.